The number of aliphatic carboxylic acids is 1. The Balaban J connectivity index is 1.36. The van der Waals surface area contributed by atoms with Gasteiger partial charge in [-0.1, -0.05) is 58.5 Å². The van der Waals surface area contributed by atoms with E-state index in [1.165, 1.54) is 18.2 Å². The highest BCUT2D eigenvalue weighted by Gasteiger charge is 2.32. The summed E-state index contributed by atoms with van der Waals surface area (Å²) in [5, 5.41) is 16.2. The molecule has 2 aliphatic rings. The molecule has 5 rings (SSSR count). The van der Waals surface area contributed by atoms with Crippen LogP contribution in [0.1, 0.15) is 48.5 Å². The lowest BCUT2D eigenvalue weighted by atomic mass is 9.94. The van der Waals surface area contributed by atoms with Crippen molar-refractivity contribution < 1.29 is 27.9 Å². The molecule has 0 aliphatic carbocycles. The van der Waals surface area contributed by atoms with Gasteiger partial charge in [0.15, 0.2) is 9.84 Å². The molecule has 44 heavy (non-hydrogen) atoms. The van der Waals surface area contributed by atoms with Gasteiger partial charge in [-0.25, -0.2) is 13.2 Å². The van der Waals surface area contributed by atoms with E-state index in [1.807, 2.05) is 0 Å². The van der Waals surface area contributed by atoms with Gasteiger partial charge in [0.05, 0.1) is 36.1 Å². The number of hydrogen-bond acceptors (Lipinski definition) is 6. The molecule has 0 unspecified atom stereocenters. The van der Waals surface area contributed by atoms with Gasteiger partial charge >= 0.3 is 5.97 Å². The molecule has 0 spiro atoms. The normalized spacial score (nSPS) is 15.2. The lowest BCUT2D eigenvalue weighted by Crippen LogP contribution is -2.42. The maximum atomic E-state index is 13.6. The van der Waals surface area contributed by atoms with Crippen LogP contribution in [-0.2, 0) is 47.0 Å². The summed E-state index contributed by atoms with van der Waals surface area (Å²) in [5.74, 6) is -2.45. The van der Waals surface area contributed by atoms with Crippen molar-refractivity contribution in [3.05, 3.63) is 95.4 Å². The molecule has 0 radical (unpaired) electrons. The van der Waals surface area contributed by atoms with E-state index in [1.54, 1.807) is 23.1 Å². The van der Waals surface area contributed by atoms with Crippen LogP contribution in [0.3, 0.4) is 0 Å². The Morgan fingerprint density at radius 2 is 1.64 bits per heavy atom. The molecule has 0 saturated heterocycles. The van der Waals surface area contributed by atoms with Gasteiger partial charge in [-0.3, -0.25) is 9.59 Å². The van der Waals surface area contributed by atoms with E-state index >= 15 is 0 Å². The second-order valence-electron chi connectivity index (χ2n) is 10.8. The molecule has 14 heteroatoms. The summed E-state index contributed by atoms with van der Waals surface area (Å²) in [6.07, 6.45) is 1.86. The maximum Gasteiger partial charge on any atom is 0.326 e. The molecule has 2 heterocycles. The number of carboxylic acid groups (broad SMARTS) is 1. The number of carbonyl (C=O) groups is 3. The molecule has 1 atom stereocenters. The zero-order chi connectivity index (χ0) is 31.9. The summed E-state index contributed by atoms with van der Waals surface area (Å²) in [5.41, 5.74) is 3.68. The largest absolute Gasteiger partial charge is 0.480 e. The van der Waals surface area contributed by atoms with E-state index in [0.29, 0.717) is 41.1 Å². The zero-order valence-corrected chi connectivity index (χ0v) is 27.2. The summed E-state index contributed by atoms with van der Waals surface area (Å²) >= 11 is 26.4. The van der Waals surface area contributed by atoms with Crippen molar-refractivity contribution in [2.75, 3.05) is 19.3 Å². The van der Waals surface area contributed by atoms with Crippen LogP contribution in [0.2, 0.25) is 20.1 Å². The van der Waals surface area contributed by atoms with E-state index in [2.05, 4.69) is 10.6 Å². The van der Waals surface area contributed by atoms with Crippen molar-refractivity contribution in [3.8, 4) is 0 Å². The molecule has 3 aromatic rings. The number of rotatable bonds is 7. The Morgan fingerprint density at radius 3 is 2.34 bits per heavy atom. The molecule has 232 valence electrons. The summed E-state index contributed by atoms with van der Waals surface area (Å²) < 4.78 is 23.8. The highest BCUT2D eigenvalue weighted by molar-refractivity contribution is 7.90. The molecule has 0 aromatic heterocycles. The third-order valence-corrected chi connectivity index (χ3v) is 10.3. The van der Waals surface area contributed by atoms with Gasteiger partial charge in [0.25, 0.3) is 11.8 Å². The van der Waals surface area contributed by atoms with Crippen LogP contribution in [0.15, 0.2) is 41.3 Å². The summed E-state index contributed by atoms with van der Waals surface area (Å²) in [6, 6.07) is 7.77. The number of nitrogens with one attached hydrogen (secondary N) is 2. The Bertz CT molecular complexity index is 1810. The first-order valence-electron chi connectivity index (χ1n) is 13.6. The summed E-state index contributed by atoms with van der Waals surface area (Å²) in [7, 11) is -3.51. The fourth-order valence-electron chi connectivity index (χ4n) is 5.53. The van der Waals surface area contributed by atoms with Gasteiger partial charge in [-0.15, -0.1) is 0 Å². The molecule has 0 saturated carbocycles. The number of carboxylic acids is 1. The molecule has 0 fully saturated rings. The lowest BCUT2D eigenvalue weighted by molar-refractivity contribution is -0.139. The minimum Gasteiger partial charge on any atom is -0.480 e. The topological polar surface area (TPSA) is 133 Å². The molecule has 2 amide bonds. The quantitative estimate of drug-likeness (QED) is 0.317. The molecular formula is C30H27Cl4N3O6S. The highest BCUT2D eigenvalue weighted by atomic mass is 35.5. The van der Waals surface area contributed by atoms with Crippen LogP contribution in [0.5, 0.6) is 0 Å². The van der Waals surface area contributed by atoms with Crippen molar-refractivity contribution >= 4 is 74.0 Å². The number of carbonyl (C=O) groups excluding carboxylic acids is 2. The Hall–Kier alpha value is -2.86. The van der Waals surface area contributed by atoms with E-state index < -0.39 is 27.8 Å². The third-order valence-electron chi connectivity index (χ3n) is 7.78. The highest BCUT2D eigenvalue weighted by Crippen LogP contribution is 2.38. The number of halogens is 4. The first-order chi connectivity index (χ1) is 20.8. The van der Waals surface area contributed by atoms with E-state index in [9.17, 15) is 27.9 Å². The zero-order valence-electron chi connectivity index (χ0n) is 23.3. The van der Waals surface area contributed by atoms with Gasteiger partial charge in [0, 0.05) is 32.3 Å². The van der Waals surface area contributed by atoms with Crippen molar-refractivity contribution in [3.63, 3.8) is 0 Å². The smallest absolute Gasteiger partial charge is 0.326 e. The minimum atomic E-state index is -3.51. The molecule has 3 N–H and O–H groups in total. The maximum absolute atomic E-state index is 13.6. The second kappa shape index (κ2) is 12.9. The van der Waals surface area contributed by atoms with Gasteiger partial charge in [-0.2, -0.15) is 0 Å². The monoisotopic (exact) mass is 697 g/mol. The molecule has 3 aromatic carbocycles. The van der Waals surface area contributed by atoms with Crippen molar-refractivity contribution in [2.24, 2.45) is 0 Å². The fourth-order valence-corrected chi connectivity index (χ4v) is 7.74. The van der Waals surface area contributed by atoms with Gasteiger partial charge in [0.2, 0.25) is 0 Å². The van der Waals surface area contributed by atoms with Gasteiger partial charge in [0.1, 0.15) is 6.04 Å². The Morgan fingerprint density at radius 1 is 0.977 bits per heavy atom. The second-order valence-corrected chi connectivity index (χ2v) is 14.3. The van der Waals surface area contributed by atoms with Crippen molar-refractivity contribution in [2.45, 2.75) is 43.3 Å². The summed E-state index contributed by atoms with van der Waals surface area (Å²) in [4.78, 5) is 40.6. The van der Waals surface area contributed by atoms with Crippen molar-refractivity contribution in [1.29, 1.82) is 0 Å². The Kier molecular flexibility index (Phi) is 9.51. The number of nitrogens with zero attached hydrogens (tertiary/aromatic N) is 1. The fraction of sp³-hybridized carbons (Fsp3) is 0.300. The Labute approximate surface area is 274 Å². The van der Waals surface area contributed by atoms with Crippen LogP contribution in [0.4, 0.5) is 0 Å². The molecule has 2 aliphatic heterocycles. The van der Waals surface area contributed by atoms with Crippen LogP contribution >= 0.6 is 46.4 Å². The van der Waals surface area contributed by atoms with Gasteiger partial charge in [-0.05, 0) is 71.5 Å². The van der Waals surface area contributed by atoms with E-state index in [-0.39, 0.29) is 56.5 Å². The number of sulfone groups is 1. The van der Waals surface area contributed by atoms with Crippen LogP contribution < -0.4 is 10.6 Å². The minimum absolute atomic E-state index is 0.0129. The lowest BCUT2D eigenvalue weighted by Gasteiger charge is -2.31. The summed E-state index contributed by atoms with van der Waals surface area (Å²) in [6.45, 7) is 1.79. The first-order valence-corrected chi connectivity index (χ1v) is 17.0. The average Bonchev–Trinajstić information content (AvgIpc) is 2.96. The predicted octanol–water partition coefficient (Wildman–Crippen LogP) is 4.97. The van der Waals surface area contributed by atoms with Gasteiger partial charge < -0.3 is 20.6 Å². The number of benzene rings is 3. The van der Waals surface area contributed by atoms with E-state index in [0.717, 1.165) is 23.9 Å². The third kappa shape index (κ3) is 6.56. The van der Waals surface area contributed by atoms with Crippen LogP contribution in [-0.4, -0.2) is 61.6 Å². The predicted molar refractivity (Wildman–Crippen MR) is 169 cm³/mol. The average molecular weight is 699 g/mol. The number of fused-ring (bicyclic) bond motifs is 2. The molecule has 9 nitrogen and oxygen atoms in total. The first kappa shape index (κ1) is 32.5. The van der Waals surface area contributed by atoms with Crippen LogP contribution in [0.25, 0.3) is 0 Å². The molecular weight excluding hydrogens is 672 g/mol. The molecule has 0 bridgehead atoms. The van der Waals surface area contributed by atoms with E-state index in [4.69, 9.17) is 46.4 Å². The number of amides is 2. The SMILES string of the molecule is CS(=O)(=O)c1cccc(C[C@H](NC(=O)c2c(Cl)cc3c(c2Cl)CCN(C(=O)c2c(Cl)cc4c(c2Cl)CCNC4)C3)C(=O)O)c1. The van der Waals surface area contributed by atoms with Crippen LogP contribution in [0, 0.1) is 0 Å². The van der Waals surface area contributed by atoms with Crippen molar-refractivity contribution in [1.82, 2.24) is 15.5 Å². The standard InChI is InChI=1S/C30H27Cl4N3O6S/c1-44(42,43)18-4-2-3-15(9-18)10-23(30(40)41)36-28(38)24-21(31)12-17-14-37(8-6-20(17)26(24)33)29(39)25-22(32)11-16-13-35-7-5-19(16)27(25)34/h2-4,9,11-12,23,35H,5-8,10,13-14H2,1H3,(H,36,38)(H,40,41)/t23-/m0/s1. The number of hydrogen-bond donors (Lipinski definition) is 3.